The average molecular weight is 274 g/mol. The van der Waals surface area contributed by atoms with Gasteiger partial charge in [-0.2, -0.15) is 0 Å². The summed E-state index contributed by atoms with van der Waals surface area (Å²) in [4.78, 5) is 15.0. The number of aromatic carboxylic acids is 1. The standard InChI is InChI=1S/C14H14N2O4/c1-2-19-10-5-3-4-6-11(10)20-13-12(15)9(14(17)18)7-8-16-13/h3-8H,2,15H2,1H3,(H,17,18). The topological polar surface area (TPSA) is 94.7 Å². The molecule has 0 spiro atoms. The minimum atomic E-state index is -1.13. The first-order chi connectivity index (χ1) is 9.63. The number of aromatic nitrogens is 1. The van der Waals surface area contributed by atoms with Crippen molar-refractivity contribution in [3.8, 4) is 17.4 Å². The quantitative estimate of drug-likeness (QED) is 0.870. The summed E-state index contributed by atoms with van der Waals surface area (Å²) < 4.78 is 11.0. The fraction of sp³-hybridized carbons (Fsp3) is 0.143. The van der Waals surface area contributed by atoms with Crippen LogP contribution in [0.4, 0.5) is 5.69 Å². The molecule has 0 radical (unpaired) electrons. The Bertz CT molecular complexity index is 628. The number of rotatable bonds is 5. The number of para-hydroxylation sites is 2. The molecule has 6 nitrogen and oxygen atoms in total. The smallest absolute Gasteiger partial charge is 0.338 e. The molecule has 0 aliphatic rings. The second-order valence-corrected chi connectivity index (χ2v) is 3.86. The van der Waals surface area contributed by atoms with Crippen LogP contribution in [0.2, 0.25) is 0 Å². The Kier molecular flexibility index (Phi) is 4.05. The molecule has 0 aliphatic heterocycles. The molecule has 104 valence electrons. The molecule has 20 heavy (non-hydrogen) atoms. The molecule has 2 aromatic rings. The zero-order valence-electron chi connectivity index (χ0n) is 10.9. The Morgan fingerprint density at radius 1 is 1.30 bits per heavy atom. The van der Waals surface area contributed by atoms with Crippen LogP contribution in [-0.4, -0.2) is 22.7 Å². The minimum Gasteiger partial charge on any atom is -0.490 e. The summed E-state index contributed by atoms with van der Waals surface area (Å²) in [5, 5.41) is 9.01. The Hall–Kier alpha value is -2.76. The van der Waals surface area contributed by atoms with E-state index >= 15 is 0 Å². The fourth-order valence-electron chi connectivity index (χ4n) is 1.64. The van der Waals surface area contributed by atoms with Crippen LogP contribution in [0.3, 0.4) is 0 Å². The van der Waals surface area contributed by atoms with Gasteiger partial charge in [0, 0.05) is 6.20 Å². The highest BCUT2D eigenvalue weighted by Crippen LogP contribution is 2.33. The monoisotopic (exact) mass is 274 g/mol. The maximum absolute atomic E-state index is 11.0. The molecule has 0 atom stereocenters. The lowest BCUT2D eigenvalue weighted by Crippen LogP contribution is -2.05. The number of hydrogen-bond acceptors (Lipinski definition) is 5. The van der Waals surface area contributed by atoms with Crippen molar-refractivity contribution in [2.45, 2.75) is 6.92 Å². The molecule has 0 fully saturated rings. The molecule has 1 aromatic carbocycles. The van der Waals surface area contributed by atoms with Crippen molar-refractivity contribution in [2.75, 3.05) is 12.3 Å². The van der Waals surface area contributed by atoms with E-state index in [0.29, 0.717) is 18.1 Å². The Morgan fingerprint density at radius 3 is 2.65 bits per heavy atom. The largest absolute Gasteiger partial charge is 0.490 e. The third kappa shape index (κ3) is 2.80. The van der Waals surface area contributed by atoms with Crippen molar-refractivity contribution in [3.63, 3.8) is 0 Å². The lowest BCUT2D eigenvalue weighted by atomic mass is 10.2. The Morgan fingerprint density at radius 2 is 2.00 bits per heavy atom. The first-order valence-corrected chi connectivity index (χ1v) is 6.01. The summed E-state index contributed by atoms with van der Waals surface area (Å²) in [6.45, 7) is 2.34. The predicted octanol–water partition coefficient (Wildman–Crippen LogP) is 2.55. The van der Waals surface area contributed by atoms with Crippen molar-refractivity contribution in [1.29, 1.82) is 0 Å². The summed E-state index contributed by atoms with van der Waals surface area (Å²) >= 11 is 0. The third-order valence-corrected chi connectivity index (χ3v) is 2.54. The van der Waals surface area contributed by atoms with Gasteiger partial charge in [0.1, 0.15) is 5.69 Å². The second-order valence-electron chi connectivity index (χ2n) is 3.86. The lowest BCUT2D eigenvalue weighted by molar-refractivity contribution is 0.0697. The van der Waals surface area contributed by atoms with E-state index in [1.54, 1.807) is 18.2 Å². The van der Waals surface area contributed by atoms with Crippen molar-refractivity contribution in [1.82, 2.24) is 4.98 Å². The van der Waals surface area contributed by atoms with Crippen LogP contribution in [-0.2, 0) is 0 Å². The number of ether oxygens (including phenoxy) is 2. The molecule has 3 N–H and O–H groups in total. The van der Waals surface area contributed by atoms with Crippen LogP contribution in [0, 0.1) is 0 Å². The third-order valence-electron chi connectivity index (χ3n) is 2.54. The molecule has 2 rings (SSSR count). The summed E-state index contributed by atoms with van der Waals surface area (Å²) in [6, 6.07) is 8.34. The summed E-state index contributed by atoms with van der Waals surface area (Å²) in [7, 11) is 0. The Labute approximate surface area is 115 Å². The molecular formula is C14H14N2O4. The normalized spacial score (nSPS) is 10.1. The molecule has 6 heteroatoms. The SMILES string of the molecule is CCOc1ccccc1Oc1nccc(C(=O)O)c1N. The van der Waals surface area contributed by atoms with Gasteiger partial charge in [0.2, 0.25) is 5.88 Å². The maximum Gasteiger partial charge on any atom is 0.338 e. The van der Waals surface area contributed by atoms with E-state index < -0.39 is 5.97 Å². The minimum absolute atomic E-state index is 0.0219. The van der Waals surface area contributed by atoms with Crippen molar-refractivity contribution < 1.29 is 19.4 Å². The van der Waals surface area contributed by atoms with E-state index in [9.17, 15) is 4.79 Å². The molecule has 0 saturated carbocycles. The van der Waals surface area contributed by atoms with Crippen LogP contribution in [0.5, 0.6) is 17.4 Å². The van der Waals surface area contributed by atoms with Gasteiger partial charge < -0.3 is 20.3 Å². The number of carboxylic acid groups (broad SMARTS) is 1. The first kappa shape index (κ1) is 13.7. The molecule has 0 aliphatic carbocycles. The van der Waals surface area contributed by atoms with Gasteiger partial charge in [0.05, 0.1) is 12.2 Å². The summed E-state index contributed by atoms with van der Waals surface area (Å²) in [5.41, 5.74) is 5.67. The molecule has 0 saturated heterocycles. The number of nitrogens with two attached hydrogens (primary N) is 1. The van der Waals surface area contributed by atoms with Gasteiger partial charge in [-0.1, -0.05) is 12.1 Å². The number of nitrogens with zero attached hydrogens (tertiary/aromatic N) is 1. The van der Waals surface area contributed by atoms with E-state index in [4.69, 9.17) is 20.3 Å². The van der Waals surface area contributed by atoms with Crippen LogP contribution in [0.1, 0.15) is 17.3 Å². The van der Waals surface area contributed by atoms with Gasteiger partial charge in [-0.3, -0.25) is 0 Å². The number of anilines is 1. The van der Waals surface area contributed by atoms with E-state index in [-0.39, 0.29) is 17.1 Å². The maximum atomic E-state index is 11.0. The molecular weight excluding hydrogens is 260 g/mol. The van der Waals surface area contributed by atoms with E-state index in [0.717, 1.165) is 0 Å². The van der Waals surface area contributed by atoms with Crippen LogP contribution in [0.25, 0.3) is 0 Å². The summed E-state index contributed by atoms with van der Waals surface area (Å²) in [6.07, 6.45) is 1.33. The lowest BCUT2D eigenvalue weighted by Gasteiger charge is -2.12. The van der Waals surface area contributed by atoms with Gasteiger partial charge in [-0.15, -0.1) is 0 Å². The zero-order valence-corrected chi connectivity index (χ0v) is 10.9. The molecule has 1 heterocycles. The van der Waals surface area contributed by atoms with Gasteiger partial charge in [0.25, 0.3) is 0 Å². The van der Waals surface area contributed by atoms with Crippen molar-refractivity contribution >= 4 is 11.7 Å². The van der Waals surface area contributed by atoms with Gasteiger partial charge >= 0.3 is 5.97 Å². The highest BCUT2D eigenvalue weighted by molar-refractivity contribution is 5.94. The fourth-order valence-corrected chi connectivity index (χ4v) is 1.64. The number of pyridine rings is 1. The van der Waals surface area contributed by atoms with Gasteiger partial charge in [0.15, 0.2) is 11.5 Å². The Balaban J connectivity index is 2.35. The summed E-state index contributed by atoms with van der Waals surface area (Å²) in [5.74, 6) is -0.127. The van der Waals surface area contributed by atoms with Crippen LogP contribution >= 0.6 is 0 Å². The van der Waals surface area contributed by atoms with E-state index in [2.05, 4.69) is 4.98 Å². The van der Waals surface area contributed by atoms with Crippen molar-refractivity contribution in [3.05, 3.63) is 42.1 Å². The van der Waals surface area contributed by atoms with E-state index in [1.807, 2.05) is 13.0 Å². The van der Waals surface area contributed by atoms with Gasteiger partial charge in [-0.25, -0.2) is 9.78 Å². The number of nitrogen functional groups attached to an aromatic ring is 1. The van der Waals surface area contributed by atoms with Crippen molar-refractivity contribution in [2.24, 2.45) is 0 Å². The van der Waals surface area contributed by atoms with E-state index in [1.165, 1.54) is 12.3 Å². The highest BCUT2D eigenvalue weighted by Gasteiger charge is 2.15. The van der Waals surface area contributed by atoms with Crippen LogP contribution in [0.15, 0.2) is 36.5 Å². The highest BCUT2D eigenvalue weighted by atomic mass is 16.5. The molecule has 0 amide bonds. The number of benzene rings is 1. The second kappa shape index (κ2) is 5.92. The number of carboxylic acids is 1. The average Bonchev–Trinajstić information content (AvgIpc) is 2.43. The first-order valence-electron chi connectivity index (χ1n) is 6.01. The van der Waals surface area contributed by atoms with Crippen LogP contribution < -0.4 is 15.2 Å². The predicted molar refractivity (Wildman–Crippen MR) is 73.3 cm³/mol. The molecule has 1 aromatic heterocycles. The number of carbonyl (C=O) groups is 1. The molecule has 0 bridgehead atoms. The number of hydrogen-bond donors (Lipinski definition) is 2. The van der Waals surface area contributed by atoms with Gasteiger partial charge in [-0.05, 0) is 25.1 Å². The molecule has 0 unspecified atom stereocenters. The zero-order chi connectivity index (χ0) is 14.5.